The van der Waals surface area contributed by atoms with Crippen LogP contribution in [-0.2, 0) is 6.42 Å². The first-order valence-corrected chi connectivity index (χ1v) is 7.91. The summed E-state index contributed by atoms with van der Waals surface area (Å²) in [6.45, 7) is 0. The van der Waals surface area contributed by atoms with Gasteiger partial charge in [0.1, 0.15) is 11.6 Å². The van der Waals surface area contributed by atoms with Gasteiger partial charge in [-0.2, -0.15) is 0 Å². The first kappa shape index (κ1) is 16.1. The van der Waals surface area contributed by atoms with Crippen molar-refractivity contribution in [1.82, 2.24) is 4.98 Å². The lowest BCUT2D eigenvalue weighted by Crippen LogP contribution is -2.29. The van der Waals surface area contributed by atoms with Crippen LogP contribution in [0.25, 0.3) is 0 Å². The third-order valence-electron chi connectivity index (χ3n) is 4.28. The number of hydrogen-bond acceptors (Lipinski definition) is 3. The topological polar surface area (TPSA) is 50.3 Å². The highest BCUT2D eigenvalue weighted by molar-refractivity contribution is 6.34. The van der Waals surface area contributed by atoms with Crippen LogP contribution in [0.3, 0.4) is 0 Å². The summed E-state index contributed by atoms with van der Waals surface area (Å²) in [6.07, 6.45) is 2.79. The van der Waals surface area contributed by atoms with Gasteiger partial charge in [-0.15, -0.1) is 0 Å². The standard InChI is InChI=1S/C20H12F2N2O2/c21-17-6-3-7-18(22)16(17)9-12-8-13(11-23-10-12)24-19(25)14-4-1-2-5-15(14)20(24)26/h1-8,10-11H,9H2. The summed E-state index contributed by atoms with van der Waals surface area (Å²) >= 11 is 0. The highest BCUT2D eigenvalue weighted by Crippen LogP contribution is 2.29. The molecule has 1 aliphatic heterocycles. The minimum Gasteiger partial charge on any atom is -0.268 e. The van der Waals surface area contributed by atoms with E-state index in [9.17, 15) is 18.4 Å². The number of rotatable bonds is 3. The van der Waals surface area contributed by atoms with Crippen LogP contribution in [0.1, 0.15) is 31.8 Å². The first-order chi connectivity index (χ1) is 12.6. The van der Waals surface area contributed by atoms with E-state index in [0.717, 1.165) is 4.90 Å². The summed E-state index contributed by atoms with van der Waals surface area (Å²) in [6, 6.07) is 11.7. The van der Waals surface area contributed by atoms with Crippen molar-refractivity contribution in [2.24, 2.45) is 0 Å². The Hall–Kier alpha value is -3.41. The van der Waals surface area contributed by atoms with Gasteiger partial charge in [-0.3, -0.25) is 14.6 Å². The van der Waals surface area contributed by atoms with Crippen molar-refractivity contribution in [3.63, 3.8) is 0 Å². The number of nitrogens with zero attached hydrogens (tertiary/aromatic N) is 2. The lowest BCUT2D eigenvalue weighted by atomic mass is 10.0. The van der Waals surface area contributed by atoms with Gasteiger partial charge < -0.3 is 0 Å². The van der Waals surface area contributed by atoms with E-state index in [0.29, 0.717) is 16.7 Å². The Morgan fingerprint density at radius 3 is 2.08 bits per heavy atom. The summed E-state index contributed by atoms with van der Waals surface area (Å²) in [5, 5.41) is 0. The predicted molar refractivity (Wildman–Crippen MR) is 91.0 cm³/mol. The van der Waals surface area contributed by atoms with Gasteiger partial charge in [0.2, 0.25) is 0 Å². The molecule has 0 radical (unpaired) electrons. The molecule has 0 spiro atoms. The van der Waals surface area contributed by atoms with Crippen molar-refractivity contribution in [2.45, 2.75) is 6.42 Å². The fraction of sp³-hybridized carbons (Fsp3) is 0.0500. The molecule has 2 amide bonds. The van der Waals surface area contributed by atoms with Crippen molar-refractivity contribution >= 4 is 17.5 Å². The van der Waals surface area contributed by atoms with E-state index in [1.807, 2.05) is 0 Å². The Bertz CT molecular complexity index is 994. The molecule has 0 bridgehead atoms. The third-order valence-corrected chi connectivity index (χ3v) is 4.28. The molecular weight excluding hydrogens is 338 g/mol. The number of amides is 2. The quantitative estimate of drug-likeness (QED) is 0.676. The second-order valence-electron chi connectivity index (χ2n) is 5.92. The first-order valence-electron chi connectivity index (χ1n) is 7.91. The van der Waals surface area contributed by atoms with Crippen LogP contribution in [0.5, 0.6) is 0 Å². The lowest BCUT2D eigenvalue weighted by molar-refractivity contribution is 0.0926. The van der Waals surface area contributed by atoms with E-state index in [-0.39, 0.29) is 17.7 Å². The van der Waals surface area contributed by atoms with E-state index < -0.39 is 23.4 Å². The zero-order chi connectivity index (χ0) is 18.3. The molecule has 128 valence electrons. The molecule has 2 aromatic carbocycles. The van der Waals surface area contributed by atoms with Gasteiger partial charge in [-0.05, 0) is 35.9 Å². The maximum atomic E-state index is 13.9. The number of anilines is 1. The molecule has 1 aromatic heterocycles. The number of hydrogen-bond donors (Lipinski definition) is 0. The number of imide groups is 1. The largest absolute Gasteiger partial charge is 0.268 e. The molecule has 26 heavy (non-hydrogen) atoms. The van der Waals surface area contributed by atoms with Crippen LogP contribution >= 0.6 is 0 Å². The summed E-state index contributed by atoms with van der Waals surface area (Å²) in [7, 11) is 0. The summed E-state index contributed by atoms with van der Waals surface area (Å²) < 4.78 is 27.7. The average Bonchev–Trinajstić information content (AvgIpc) is 2.90. The van der Waals surface area contributed by atoms with Crippen LogP contribution in [0, 0.1) is 11.6 Å². The maximum absolute atomic E-state index is 13.9. The van der Waals surface area contributed by atoms with Crippen LogP contribution in [0.4, 0.5) is 14.5 Å². The normalized spacial score (nSPS) is 13.2. The molecule has 4 nitrogen and oxygen atoms in total. The van der Waals surface area contributed by atoms with Crippen molar-refractivity contribution in [3.8, 4) is 0 Å². The number of pyridine rings is 1. The molecule has 1 aliphatic rings. The fourth-order valence-corrected chi connectivity index (χ4v) is 3.02. The van der Waals surface area contributed by atoms with E-state index in [1.54, 1.807) is 30.3 Å². The van der Waals surface area contributed by atoms with Gasteiger partial charge in [0.05, 0.1) is 23.0 Å². The zero-order valence-electron chi connectivity index (χ0n) is 13.4. The van der Waals surface area contributed by atoms with E-state index in [4.69, 9.17) is 0 Å². The number of carbonyl (C=O) groups excluding carboxylic acids is 2. The molecule has 0 saturated heterocycles. The van der Waals surface area contributed by atoms with Crippen LogP contribution in [0.15, 0.2) is 60.9 Å². The minimum absolute atomic E-state index is 0.0392. The smallest absolute Gasteiger partial charge is 0.266 e. The fourth-order valence-electron chi connectivity index (χ4n) is 3.02. The Morgan fingerprint density at radius 2 is 1.46 bits per heavy atom. The monoisotopic (exact) mass is 350 g/mol. The van der Waals surface area contributed by atoms with E-state index in [2.05, 4.69) is 4.98 Å². The van der Waals surface area contributed by atoms with Crippen LogP contribution < -0.4 is 4.90 Å². The second-order valence-corrected chi connectivity index (χ2v) is 5.92. The van der Waals surface area contributed by atoms with Gasteiger partial charge in [-0.25, -0.2) is 13.7 Å². The minimum atomic E-state index is -0.656. The van der Waals surface area contributed by atoms with Crippen LogP contribution in [-0.4, -0.2) is 16.8 Å². The third kappa shape index (κ3) is 2.56. The molecule has 0 N–H and O–H groups in total. The molecule has 4 rings (SSSR count). The molecule has 0 aliphatic carbocycles. The Balaban J connectivity index is 1.69. The molecule has 0 unspecified atom stereocenters. The SMILES string of the molecule is O=C1c2ccccc2C(=O)N1c1cncc(Cc2c(F)cccc2F)c1. The second kappa shape index (κ2) is 6.15. The van der Waals surface area contributed by atoms with Crippen molar-refractivity contribution < 1.29 is 18.4 Å². The lowest BCUT2D eigenvalue weighted by Gasteiger charge is -2.14. The van der Waals surface area contributed by atoms with E-state index >= 15 is 0 Å². The maximum Gasteiger partial charge on any atom is 0.266 e. The van der Waals surface area contributed by atoms with Gasteiger partial charge in [-0.1, -0.05) is 18.2 Å². The number of carbonyl (C=O) groups is 2. The molecular formula is C20H12F2N2O2. The predicted octanol–water partition coefficient (Wildman–Crippen LogP) is 3.75. The number of halogens is 2. The average molecular weight is 350 g/mol. The summed E-state index contributed by atoms with van der Waals surface area (Å²) in [4.78, 5) is 30.1. The van der Waals surface area contributed by atoms with Gasteiger partial charge in [0, 0.05) is 18.2 Å². The van der Waals surface area contributed by atoms with E-state index in [1.165, 1.54) is 30.6 Å². The van der Waals surface area contributed by atoms with Gasteiger partial charge in [0.25, 0.3) is 11.8 Å². The Labute approximate surface area is 147 Å². The number of benzene rings is 2. The van der Waals surface area contributed by atoms with Crippen LogP contribution in [0.2, 0.25) is 0 Å². The Kier molecular flexibility index (Phi) is 3.80. The number of aromatic nitrogens is 1. The Morgan fingerprint density at radius 1 is 0.846 bits per heavy atom. The zero-order valence-corrected chi connectivity index (χ0v) is 13.4. The molecule has 0 atom stereocenters. The molecule has 3 aromatic rings. The molecule has 2 heterocycles. The highest BCUT2D eigenvalue weighted by atomic mass is 19.1. The highest BCUT2D eigenvalue weighted by Gasteiger charge is 2.36. The van der Waals surface area contributed by atoms with Gasteiger partial charge in [0.15, 0.2) is 0 Å². The van der Waals surface area contributed by atoms with Crippen molar-refractivity contribution in [1.29, 1.82) is 0 Å². The van der Waals surface area contributed by atoms with Gasteiger partial charge >= 0.3 is 0 Å². The summed E-state index contributed by atoms with van der Waals surface area (Å²) in [5.41, 5.74) is 1.31. The van der Waals surface area contributed by atoms with Crippen molar-refractivity contribution in [2.75, 3.05) is 4.90 Å². The number of fused-ring (bicyclic) bond motifs is 1. The summed E-state index contributed by atoms with van der Waals surface area (Å²) in [5.74, 6) is -2.20. The molecule has 0 fully saturated rings. The molecule has 6 heteroatoms. The van der Waals surface area contributed by atoms with Crippen molar-refractivity contribution in [3.05, 3.63) is 94.8 Å². The molecule has 0 saturated carbocycles.